The van der Waals surface area contributed by atoms with Gasteiger partial charge in [-0.05, 0) is 0 Å². The van der Waals surface area contributed by atoms with Gasteiger partial charge in [-0.2, -0.15) is 0 Å². The molecule has 0 amide bonds. The van der Waals surface area contributed by atoms with Crippen molar-refractivity contribution in [2.75, 3.05) is 0 Å². The van der Waals surface area contributed by atoms with Crippen molar-refractivity contribution in [3.8, 4) is 0 Å². The van der Waals surface area contributed by atoms with Crippen LogP contribution in [0.5, 0.6) is 0 Å². The number of carbonyl (C=O) groups excluding carboxylic acids is 6. The Hall–Kier alpha value is -1.90. The molecule has 0 N–H and O–H groups in total. The fourth-order valence-electron chi connectivity index (χ4n) is 0.221. The van der Waals surface area contributed by atoms with Crippen LogP contribution in [0.4, 0.5) is 0 Å². The molecule has 0 bridgehead atoms. The van der Waals surface area contributed by atoms with E-state index in [1.54, 1.807) is 0 Å². The van der Waals surface area contributed by atoms with E-state index in [-0.39, 0.29) is 0 Å². The van der Waals surface area contributed by atoms with Crippen LogP contribution in [0.3, 0.4) is 0 Å². The second-order valence-corrected chi connectivity index (χ2v) is 10.4. The summed E-state index contributed by atoms with van der Waals surface area (Å²) in [4.78, 5) is 61.6. The van der Waals surface area contributed by atoms with Crippen LogP contribution in [-0.2, 0) is 38.5 Å². The molecule has 0 aromatic rings. The van der Waals surface area contributed by atoms with Gasteiger partial charge in [0.1, 0.15) is 0 Å². The van der Waals surface area contributed by atoms with Crippen LogP contribution in [0.15, 0.2) is 0 Å². The van der Waals surface area contributed by atoms with Gasteiger partial charge in [0.05, 0.1) is 0 Å². The molecule has 13 heavy (non-hydrogen) atoms. The van der Waals surface area contributed by atoms with Crippen molar-refractivity contribution in [1.82, 2.24) is 0 Å². The summed E-state index contributed by atoms with van der Waals surface area (Å²) in [6.07, 6.45) is 0. The fraction of sp³-hybridized carbons (Fsp3) is 0. The molecule has 0 rings (SSSR count). The molecule has 7 heteroatoms. The molecule has 0 spiro atoms. The van der Waals surface area contributed by atoms with Crippen LogP contribution < -0.4 is 0 Å². The molecule has 0 radical (unpaired) electrons. The van der Waals surface area contributed by atoms with E-state index in [2.05, 4.69) is 0 Å². The quantitative estimate of drug-likeness (QED) is 0.455. The first-order chi connectivity index (χ1) is 5.97. The Balaban J connectivity index is 11.0. The monoisotopic (exact) mass is 270 g/mol. The molecule has 0 aromatic heterocycles. The number of hydrogen-bond donors (Lipinski definition) is 0. The summed E-state index contributed by atoms with van der Waals surface area (Å²) in [6.45, 7) is 0. The van der Waals surface area contributed by atoms with E-state index < -0.39 is 9.71 Å². The molecule has 0 saturated carbocycles. The van der Waals surface area contributed by atoms with E-state index in [9.17, 15) is 28.8 Å². The Morgan fingerprint density at radius 2 is 0.615 bits per heavy atom. The van der Waals surface area contributed by atoms with Crippen molar-refractivity contribution in [1.29, 1.82) is 0 Å². The third-order valence-electron chi connectivity index (χ3n) is 1.08. The van der Waals surface area contributed by atoms with Crippen molar-refractivity contribution >= 4 is 26.8 Å². The molecule has 0 saturated heterocycles. The summed E-state index contributed by atoms with van der Waals surface area (Å²) in [5, 5.41) is 0. The van der Waals surface area contributed by atoms with E-state index in [1.165, 1.54) is 0 Å². The van der Waals surface area contributed by atoms with Gasteiger partial charge in [-0.15, -0.1) is 0 Å². The molecule has 68 valence electrons. The average molecular weight is 269 g/mol. The summed E-state index contributed by atoms with van der Waals surface area (Å²) >= 11 is 0. The molecule has 0 aliphatic heterocycles. The molecule has 0 unspecified atom stereocenters. The third kappa shape index (κ3) is 0.840. The fourth-order valence-corrected chi connectivity index (χ4v) is 1.31. The second-order valence-electron chi connectivity index (χ2n) is 1.76. The normalized spacial score (nSPS) is 11.1. The van der Waals surface area contributed by atoms with E-state index >= 15 is 0 Å². The Morgan fingerprint density at radius 1 is 0.462 bits per heavy atom. The summed E-state index contributed by atoms with van der Waals surface area (Å²) in [6, 6.07) is 0. The van der Waals surface area contributed by atoms with Crippen LogP contribution in [0.2, 0.25) is 0 Å². The van der Waals surface area contributed by atoms with E-state index in [0.717, 1.165) is 0 Å². The zero-order valence-electron chi connectivity index (χ0n) is 5.80. The molecule has 0 atom stereocenters. The molecule has 0 heterocycles. The van der Waals surface area contributed by atoms with E-state index in [1.807, 2.05) is 0 Å². The summed E-state index contributed by atoms with van der Waals surface area (Å²) < 4.78 is 2.99. The first-order valence-corrected chi connectivity index (χ1v) is 7.50. The minimum absolute atomic E-state index is 0.499. The van der Waals surface area contributed by atoms with Gasteiger partial charge in [0.25, 0.3) is 0 Å². The van der Waals surface area contributed by atoms with Crippen molar-refractivity contribution in [3.05, 3.63) is 0 Å². The molecular formula is C6O6Ru. The summed E-state index contributed by atoms with van der Waals surface area (Å²) in [5.41, 5.74) is 0. The predicted molar refractivity (Wildman–Crippen MR) is 34.2 cm³/mol. The van der Waals surface area contributed by atoms with Crippen molar-refractivity contribution in [3.63, 3.8) is 0 Å². The topological polar surface area (TPSA) is 102 Å². The maximum atomic E-state index is 10.3. The first-order valence-electron chi connectivity index (χ1n) is 2.29. The molecule has 0 aliphatic rings. The first kappa shape index (κ1) is 11.1. The van der Waals surface area contributed by atoms with E-state index in [4.69, 9.17) is 0 Å². The second kappa shape index (κ2) is 2.29. The Labute approximate surface area is 65.8 Å². The van der Waals surface area contributed by atoms with Crippen molar-refractivity contribution in [2.24, 2.45) is 0 Å². The number of hydrogen-bond acceptors (Lipinski definition) is 6. The van der Waals surface area contributed by atoms with Gasteiger partial charge >= 0.3 is 65.3 Å². The standard InChI is InChI=1S/6CO.Ru/c6*1-2;. The Morgan fingerprint density at radius 3 is 0.615 bits per heavy atom. The van der Waals surface area contributed by atoms with Gasteiger partial charge in [-0.3, -0.25) is 0 Å². The molecule has 0 aromatic carbocycles. The van der Waals surface area contributed by atoms with Crippen LogP contribution in [0, 0.1) is 0 Å². The van der Waals surface area contributed by atoms with E-state index in [0.29, 0.717) is 26.8 Å². The van der Waals surface area contributed by atoms with Crippen LogP contribution in [0.1, 0.15) is 0 Å². The van der Waals surface area contributed by atoms with Gasteiger partial charge < -0.3 is 0 Å². The molecular weight excluding hydrogens is 269 g/mol. The SMILES string of the molecule is O=[C]=[Ru](=[C]=O)(=[C]=O)(=[C]=O)(=[C]=O)=[C]=O. The Kier molecular flexibility index (Phi) is 1.96. The molecule has 0 fully saturated rings. The summed E-state index contributed by atoms with van der Waals surface area (Å²) in [5.74, 6) is 0. The predicted octanol–water partition coefficient (Wildman–Crippen LogP) is -2.39. The van der Waals surface area contributed by atoms with Gasteiger partial charge in [0.15, 0.2) is 0 Å². The summed E-state index contributed by atoms with van der Waals surface area (Å²) in [7, 11) is -7.21. The zero-order chi connectivity index (χ0) is 10.7. The minimum atomic E-state index is -7.21. The van der Waals surface area contributed by atoms with Gasteiger partial charge in [0.2, 0.25) is 0 Å². The van der Waals surface area contributed by atoms with Crippen molar-refractivity contribution < 1.29 is 38.5 Å². The van der Waals surface area contributed by atoms with Gasteiger partial charge in [-0.1, -0.05) is 0 Å². The van der Waals surface area contributed by atoms with Crippen LogP contribution in [0.25, 0.3) is 0 Å². The number of rotatable bonds is 0. The maximum absolute atomic E-state index is 10.3. The average Bonchev–Trinajstić information content (AvgIpc) is 2.26. The van der Waals surface area contributed by atoms with Crippen LogP contribution in [-0.4, -0.2) is 26.8 Å². The van der Waals surface area contributed by atoms with Crippen molar-refractivity contribution in [2.45, 2.75) is 0 Å². The molecule has 6 nitrogen and oxygen atoms in total. The molecule has 0 aliphatic carbocycles. The zero-order valence-corrected chi connectivity index (χ0v) is 7.54. The van der Waals surface area contributed by atoms with Crippen LogP contribution >= 0.6 is 0 Å². The third-order valence-corrected chi connectivity index (χ3v) is 6.40. The van der Waals surface area contributed by atoms with Gasteiger partial charge in [-0.25, -0.2) is 0 Å². The Bertz CT molecular complexity index is 786. The van der Waals surface area contributed by atoms with Gasteiger partial charge in [0, 0.05) is 0 Å².